The lowest BCUT2D eigenvalue weighted by Gasteiger charge is -2.13. The van der Waals surface area contributed by atoms with Crippen LogP contribution in [0.5, 0.6) is 5.75 Å². The molecule has 41 heavy (non-hydrogen) atoms. The van der Waals surface area contributed by atoms with Crippen molar-refractivity contribution in [3.63, 3.8) is 0 Å². The van der Waals surface area contributed by atoms with E-state index in [-0.39, 0.29) is 0 Å². The van der Waals surface area contributed by atoms with Crippen molar-refractivity contribution in [1.82, 2.24) is 5.32 Å². The molecule has 3 N–H and O–H groups in total. The SMILES string of the molecule is C=C1CNC=C(CCc2ccc(OCCOCCOCCCB(N=O)OCC)cc2C)C=C1c1ccc(C)cc1N. The van der Waals surface area contributed by atoms with E-state index >= 15 is 0 Å². The van der Waals surface area contributed by atoms with Gasteiger partial charge in [0, 0.05) is 31.0 Å². The fraction of sp³-hybridized carbons (Fsp3) is 0.438. The number of nitrogens with one attached hydrogen (secondary N) is 1. The Balaban J connectivity index is 1.38. The van der Waals surface area contributed by atoms with Gasteiger partial charge in [0.25, 0.3) is 0 Å². The summed E-state index contributed by atoms with van der Waals surface area (Å²) < 4.78 is 22.2. The lowest BCUT2D eigenvalue weighted by Crippen LogP contribution is -2.16. The maximum atomic E-state index is 10.6. The number of nitroso groups, excluding NO2 is 1. The molecule has 0 unspecified atom stereocenters. The first-order valence-corrected chi connectivity index (χ1v) is 14.4. The van der Waals surface area contributed by atoms with Crippen molar-refractivity contribution in [2.45, 2.75) is 46.4 Å². The van der Waals surface area contributed by atoms with E-state index in [9.17, 15) is 4.91 Å². The number of hydrogen-bond donors (Lipinski definition) is 2. The van der Waals surface area contributed by atoms with Gasteiger partial charge in [-0.15, -0.1) is 0 Å². The average Bonchev–Trinajstić information content (AvgIpc) is 3.13. The van der Waals surface area contributed by atoms with Gasteiger partial charge in [-0.1, -0.05) is 29.9 Å². The Hall–Kier alpha value is -3.40. The third kappa shape index (κ3) is 10.8. The molecule has 0 bridgehead atoms. The molecular formula is C32H44BN3O5. The third-order valence-corrected chi connectivity index (χ3v) is 6.89. The van der Waals surface area contributed by atoms with Crippen LogP contribution >= 0.6 is 0 Å². The van der Waals surface area contributed by atoms with Crippen molar-refractivity contribution in [3.05, 3.63) is 93.6 Å². The number of aryl methyl sites for hydroxylation is 3. The van der Waals surface area contributed by atoms with E-state index in [4.69, 9.17) is 24.6 Å². The summed E-state index contributed by atoms with van der Waals surface area (Å²) >= 11 is 0. The molecule has 8 nitrogen and oxygen atoms in total. The molecule has 0 atom stereocenters. The zero-order valence-corrected chi connectivity index (χ0v) is 24.7. The van der Waals surface area contributed by atoms with Gasteiger partial charge in [-0.2, -0.15) is 4.91 Å². The Bertz CT molecular complexity index is 1210. The van der Waals surface area contributed by atoms with Gasteiger partial charge in [0.15, 0.2) is 0 Å². The fourth-order valence-electron chi connectivity index (χ4n) is 4.65. The molecule has 1 heterocycles. The molecule has 2 aromatic rings. The fourth-order valence-corrected chi connectivity index (χ4v) is 4.65. The molecule has 0 amide bonds. The Morgan fingerprint density at radius 2 is 1.80 bits per heavy atom. The molecule has 1 aliphatic rings. The molecule has 1 aliphatic heterocycles. The number of nitrogens with zero attached hydrogens (tertiary/aromatic N) is 1. The van der Waals surface area contributed by atoms with Crippen molar-refractivity contribution in [1.29, 1.82) is 0 Å². The smallest absolute Gasteiger partial charge is 0.486 e. The summed E-state index contributed by atoms with van der Waals surface area (Å²) in [5.41, 5.74) is 15.1. The number of ether oxygens (including phenoxy) is 3. The van der Waals surface area contributed by atoms with Crippen molar-refractivity contribution in [3.8, 4) is 5.75 Å². The lowest BCUT2D eigenvalue weighted by atomic mass is 9.79. The van der Waals surface area contributed by atoms with Crippen molar-refractivity contribution >= 4 is 18.3 Å². The highest BCUT2D eigenvalue weighted by Gasteiger charge is 2.16. The molecule has 220 valence electrons. The number of allylic oxidation sites excluding steroid dienone is 2. The molecule has 0 aromatic heterocycles. The van der Waals surface area contributed by atoms with Crippen LogP contribution in [0, 0.1) is 18.8 Å². The Morgan fingerprint density at radius 1 is 1.02 bits per heavy atom. The molecule has 0 saturated heterocycles. The minimum atomic E-state index is -0.582. The number of anilines is 1. The monoisotopic (exact) mass is 561 g/mol. The van der Waals surface area contributed by atoms with E-state index in [1.54, 1.807) is 0 Å². The van der Waals surface area contributed by atoms with Crippen LogP contribution in [-0.2, 0) is 20.5 Å². The highest BCUT2D eigenvalue weighted by Crippen LogP contribution is 2.31. The average molecular weight is 562 g/mol. The number of benzene rings is 2. The van der Waals surface area contributed by atoms with Crippen molar-refractivity contribution in [2.75, 3.05) is 51.9 Å². The van der Waals surface area contributed by atoms with Gasteiger partial charge in [0.1, 0.15) is 12.4 Å². The minimum absolute atomic E-state index is 0.470. The first-order valence-electron chi connectivity index (χ1n) is 14.4. The normalized spacial score (nSPS) is 13.2. The van der Waals surface area contributed by atoms with Gasteiger partial charge in [-0.25, -0.2) is 0 Å². The summed E-state index contributed by atoms with van der Waals surface area (Å²) in [6, 6.07) is 12.4. The van der Waals surface area contributed by atoms with Crippen LogP contribution in [0.4, 0.5) is 5.69 Å². The second-order valence-corrected chi connectivity index (χ2v) is 10.2. The predicted molar refractivity (Wildman–Crippen MR) is 168 cm³/mol. The van der Waals surface area contributed by atoms with Crippen LogP contribution in [-0.4, -0.2) is 53.2 Å². The van der Waals surface area contributed by atoms with Crippen LogP contribution < -0.4 is 15.8 Å². The summed E-state index contributed by atoms with van der Waals surface area (Å²) in [4.78, 5) is 10.6. The van der Waals surface area contributed by atoms with Gasteiger partial charge in [-0.05, 0) is 110 Å². The van der Waals surface area contributed by atoms with E-state index in [2.05, 4.69) is 60.4 Å². The summed E-state index contributed by atoms with van der Waals surface area (Å²) in [7, 11) is -0.582. The van der Waals surface area contributed by atoms with Gasteiger partial charge in [-0.3, -0.25) is 0 Å². The van der Waals surface area contributed by atoms with Crippen LogP contribution in [0.1, 0.15) is 42.0 Å². The molecule has 3 rings (SSSR count). The van der Waals surface area contributed by atoms with E-state index in [0.29, 0.717) is 52.5 Å². The van der Waals surface area contributed by atoms with Crippen LogP contribution in [0.3, 0.4) is 0 Å². The van der Waals surface area contributed by atoms with Crippen molar-refractivity contribution < 1.29 is 18.9 Å². The number of nitrogen functional groups attached to an aromatic ring is 1. The zero-order chi connectivity index (χ0) is 29.5. The molecule has 0 saturated carbocycles. The third-order valence-electron chi connectivity index (χ3n) is 6.89. The van der Waals surface area contributed by atoms with Crippen LogP contribution in [0.25, 0.3) is 5.57 Å². The zero-order valence-electron chi connectivity index (χ0n) is 24.7. The van der Waals surface area contributed by atoms with Gasteiger partial charge in [0.05, 0.1) is 19.8 Å². The number of rotatable bonds is 18. The molecule has 0 radical (unpaired) electrons. The highest BCUT2D eigenvalue weighted by molar-refractivity contribution is 6.49. The maximum absolute atomic E-state index is 10.6. The van der Waals surface area contributed by atoms with E-state index in [1.807, 2.05) is 26.0 Å². The number of nitrogens with two attached hydrogens (primary N) is 1. The Morgan fingerprint density at radius 3 is 2.54 bits per heavy atom. The molecule has 0 fully saturated rings. The predicted octanol–water partition coefficient (Wildman–Crippen LogP) is 6.04. The molecule has 0 spiro atoms. The van der Waals surface area contributed by atoms with E-state index < -0.39 is 7.05 Å². The molecule has 0 aliphatic carbocycles. The quantitative estimate of drug-likeness (QED) is 0.0990. The van der Waals surface area contributed by atoms with Crippen molar-refractivity contribution in [2.24, 2.45) is 5.09 Å². The summed E-state index contributed by atoms with van der Waals surface area (Å²) in [5.74, 6) is 0.836. The van der Waals surface area contributed by atoms with E-state index in [1.165, 1.54) is 16.7 Å². The summed E-state index contributed by atoms with van der Waals surface area (Å²) in [6.45, 7) is 14.0. The highest BCUT2D eigenvalue weighted by atomic mass is 16.5. The summed E-state index contributed by atoms with van der Waals surface area (Å²) in [5, 5.41) is 6.34. The van der Waals surface area contributed by atoms with Gasteiger partial charge < -0.3 is 29.9 Å². The first-order chi connectivity index (χ1) is 19.9. The van der Waals surface area contributed by atoms with Gasteiger partial charge in [0.2, 0.25) is 0 Å². The Kier molecular flexibility index (Phi) is 13.7. The second-order valence-electron chi connectivity index (χ2n) is 10.2. The van der Waals surface area contributed by atoms with Crippen LogP contribution in [0.15, 0.2) is 71.5 Å². The topological polar surface area (TPSA) is 104 Å². The van der Waals surface area contributed by atoms with Gasteiger partial charge >= 0.3 is 7.05 Å². The standard InChI is InChI=1S/C32H44BN3O5/c1-5-41-33(36-37)13-6-14-38-15-16-39-17-18-40-29-11-10-28(25(3)20-29)9-8-27-21-31(26(4)22-35-23-27)30-12-7-24(2)19-32(30)34/h7,10-12,19-21,23,35H,4-6,8-9,13-18,22,34H2,1-3H3. The van der Waals surface area contributed by atoms with Crippen LogP contribution in [0.2, 0.25) is 6.32 Å². The Labute approximate surface area is 245 Å². The number of hydrogen-bond acceptors (Lipinski definition) is 8. The lowest BCUT2D eigenvalue weighted by molar-refractivity contribution is 0.0364. The minimum Gasteiger partial charge on any atom is -0.491 e. The summed E-state index contributed by atoms with van der Waals surface area (Å²) in [6.07, 6.45) is 7.40. The largest absolute Gasteiger partial charge is 0.491 e. The second kappa shape index (κ2) is 17.4. The molecule has 9 heteroatoms. The molecule has 2 aromatic carbocycles. The van der Waals surface area contributed by atoms with E-state index in [0.717, 1.165) is 53.0 Å². The first kappa shape index (κ1) is 32.1. The molecular weight excluding hydrogens is 517 g/mol. The maximum Gasteiger partial charge on any atom is 0.486 e.